The summed E-state index contributed by atoms with van der Waals surface area (Å²) in [6.45, 7) is 1.26. The molecule has 4 heterocycles. The van der Waals surface area contributed by atoms with Crippen LogP contribution in [0.25, 0.3) is 0 Å². The molecule has 1 aliphatic heterocycles. The first kappa shape index (κ1) is 17.6. The number of pyridine rings is 1. The van der Waals surface area contributed by atoms with Gasteiger partial charge in [-0.2, -0.15) is 0 Å². The first-order chi connectivity index (χ1) is 13.8. The van der Waals surface area contributed by atoms with E-state index >= 15 is 0 Å². The van der Waals surface area contributed by atoms with Crippen molar-refractivity contribution in [1.29, 1.82) is 0 Å². The van der Waals surface area contributed by atoms with Gasteiger partial charge in [0.15, 0.2) is 5.89 Å². The Bertz CT molecular complexity index is 993. The van der Waals surface area contributed by atoms with Gasteiger partial charge in [0, 0.05) is 31.8 Å². The molecule has 0 fully saturated rings. The molecule has 0 bridgehead atoms. The molecule has 0 atom stereocenters. The average molecular weight is 394 g/mol. The second-order valence-electron chi connectivity index (χ2n) is 7.59. The van der Waals surface area contributed by atoms with Crippen molar-refractivity contribution in [3.63, 3.8) is 0 Å². The fourth-order valence-electron chi connectivity index (χ4n) is 4.17. The quantitative estimate of drug-likeness (QED) is 0.672. The maximum absolute atomic E-state index is 13.1. The number of aromatic nitrogens is 2. The summed E-state index contributed by atoms with van der Waals surface area (Å²) in [6.07, 6.45) is 10.6. The molecule has 6 heteroatoms. The Labute approximate surface area is 168 Å². The summed E-state index contributed by atoms with van der Waals surface area (Å²) in [5, 5.41) is 2.18. The highest BCUT2D eigenvalue weighted by molar-refractivity contribution is 7.12. The molecule has 2 aliphatic rings. The van der Waals surface area contributed by atoms with E-state index in [4.69, 9.17) is 4.42 Å². The van der Waals surface area contributed by atoms with E-state index in [9.17, 15) is 4.79 Å². The number of carbonyl (C=O) groups excluding carboxylic acids is 1. The van der Waals surface area contributed by atoms with Crippen molar-refractivity contribution >= 4 is 17.2 Å². The van der Waals surface area contributed by atoms with Gasteiger partial charge in [0.1, 0.15) is 11.5 Å². The van der Waals surface area contributed by atoms with Crippen LogP contribution in [0.2, 0.25) is 0 Å². The zero-order chi connectivity index (χ0) is 18.9. The van der Waals surface area contributed by atoms with Gasteiger partial charge in [-0.05, 0) is 60.2 Å². The molecule has 1 amide bonds. The molecule has 3 aromatic heterocycles. The maximum Gasteiger partial charge on any atom is 0.264 e. The molecule has 3 aromatic rings. The van der Waals surface area contributed by atoms with Gasteiger partial charge >= 0.3 is 0 Å². The molecular formula is C22H23N3O2S. The van der Waals surface area contributed by atoms with Crippen molar-refractivity contribution in [3.05, 3.63) is 68.8 Å². The standard InChI is InChI=1S/C22H23N3O2S/c26-22(21-17-6-2-1-5-16(17)14-28-21)25-11-9-19-18(13-25)24-20(27-19)8-7-15-4-3-10-23-12-15/h3-4,10,12,14H,1-2,5-9,11,13H2. The lowest BCUT2D eigenvalue weighted by atomic mass is 9.93. The first-order valence-corrected chi connectivity index (χ1v) is 10.9. The smallest absolute Gasteiger partial charge is 0.264 e. The van der Waals surface area contributed by atoms with Gasteiger partial charge < -0.3 is 9.32 Å². The molecule has 5 nitrogen and oxygen atoms in total. The van der Waals surface area contributed by atoms with E-state index in [1.54, 1.807) is 17.5 Å². The van der Waals surface area contributed by atoms with E-state index in [0.29, 0.717) is 13.1 Å². The number of carbonyl (C=O) groups is 1. The predicted octanol–water partition coefficient (Wildman–Crippen LogP) is 3.99. The van der Waals surface area contributed by atoms with Crippen LogP contribution in [-0.2, 0) is 38.6 Å². The molecule has 5 rings (SSSR count). The summed E-state index contributed by atoms with van der Waals surface area (Å²) < 4.78 is 5.97. The molecule has 144 valence electrons. The van der Waals surface area contributed by atoms with E-state index in [0.717, 1.165) is 54.3 Å². The number of thiophene rings is 1. The molecule has 0 spiro atoms. The third-order valence-corrected chi connectivity index (χ3v) is 6.77. The van der Waals surface area contributed by atoms with E-state index in [2.05, 4.69) is 21.4 Å². The minimum absolute atomic E-state index is 0.165. The molecular weight excluding hydrogens is 370 g/mol. The minimum atomic E-state index is 0.165. The zero-order valence-corrected chi connectivity index (χ0v) is 16.6. The van der Waals surface area contributed by atoms with Crippen molar-refractivity contribution in [3.8, 4) is 0 Å². The third kappa shape index (κ3) is 3.37. The Morgan fingerprint density at radius 1 is 1.21 bits per heavy atom. The highest BCUT2D eigenvalue weighted by atomic mass is 32.1. The monoisotopic (exact) mass is 393 g/mol. The Morgan fingerprint density at radius 2 is 2.14 bits per heavy atom. The predicted molar refractivity (Wildman–Crippen MR) is 108 cm³/mol. The normalized spacial score (nSPS) is 15.9. The maximum atomic E-state index is 13.1. The number of hydrogen-bond donors (Lipinski definition) is 0. The van der Waals surface area contributed by atoms with Crippen LogP contribution in [-0.4, -0.2) is 27.3 Å². The lowest BCUT2D eigenvalue weighted by molar-refractivity contribution is 0.0731. The number of rotatable bonds is 4. The Hall–Kier alpha value is -2.47. The molecule has 0 radical (unpaired) electrons. The third-order valence-electron chi connectivity index (χ3n) is 5.71. The summed E-state index contributed by atoms with van der Waals surface area (Å²) in [6, 6.07) is 4.01. The molecule has 0 saturated carbocycles. The molecule has 0 saturated heterocycles. The highest BCUT2D eigenvalue weighted by Gasteiger charge is 2.29. The van der Waals surface area contributed by atoms with E-state index in [1.165, 1.54) is 29.5 Å². The summed E-state index contributed by atoms with van der Waals surface area (Å²) in [5.74, 6) is 1.87. The fourth-order valence-corrected chi connectivity index (χ4v) is 5.30. The van der Waals surface area contributed by atoms with Crippen LogP contribution in [0.1, 0.15) is 56.5 Å². The number of amides is 1. The molecule has 0 N–H and O–H groups in total. The van der Waals surface area contributed by atoms with Crippen LogP contribution in [0, 0.1) is 0 Å². The van der Waals surface area contributed by atoms with Crippen molar-refractivity contribution in [1.82, 2.24) is 14.9 Å². The van der Waals surface area contributed by atoms with Crippen molar-refractivity contribution in [2.45, 2.75) is 51.5 Å². The van der Waals surface area contributed by atoms with Gasteiger partial charge in [0.25, 0.3) is 5.91 Å². The number of fused-ring (bicyclic) bond motifs is 2. The molecule has 0 aromatic carbocycles. The summed E-state index contributed by atoms with van der Waals surface area (Å²) in [5.41, 5.74) is 4.78. The number of hydrogen-bond acceptors (Lipinski definition) is 5. The van der Waals surface area contributed by atoms with Crippen molar-refractivity contribution in [2.75, 3.05) is 6.54 Å². The molecule has 0 unspecified atom stereocenters. The number of oxazole rings is 1. The zero-order valence-electron chi connectivity index (χ0n) is 15.8. The van der Waals surface area contributed by atoms with Crippen LogP contribution < -0.4 is 0 Å². The van der Waals surface area contributed by atoms with Gasteiger partial charge in [-0.25, -0.2) is 4.98 Å². The summed E-state index contributed by atoms with van der Waals surface area (Å²) >= 11 is 1.62. The van der Waals surface area contributed by atoms with Gasteiger partial charge in [-0.15, -0.1) is 11.3 Å². The Morgan fingerprint density at radius 3 is 3.04 bits per heavy atom. The van der Waals surface area contributed by atoms with Gasteiger partial charge in [0.2, 0.25) is 0 Å². The lowest BCUT2D eigenvalue weighted by Crippen LogP contribution is -2.36. The van der Waals surface area contributed by atoms with Gasteiger partial charge in [0.05, 0.1) is 11.4 Å². The molecule has 1 aliphatic carbocycles. The van der Waals surface area contributed by atoms with Crippen LogP contribution >= 0.6 is 11.3 Å². The van der Waals surface area contributed by atoms with Crippen molar-refractivity contribution in [2.24, 2.45) is 0 Å². The topological polar surface area (TPSA) is 59.2 Å². The van der Waals surface area contributed by atoms with E-state index in [1.807, 2.05) is 17.2 Å². The van der Waals surface area contributed by atoms with Crippen LogP contribution in [0.3, 0.4) is 0 Å². The van der Waals surface area contributed by atoms with E-state index in [-0.39, 0.29) is 5.91 Å². The number of nitrogens with zero attached hydrogens (tertiary/aromatic N) is 3. The average Bonchev–Trinajstić information content (AvgIpc) is 3.35. The molecule has 28 heavy (non-hydrogen) atoms. The summed E-state index contributed by atoms with van der Waals surface area (Å²) in [4.78, 5) is 24.9. The highest BCUT2D eigenvalue weighted by Crippen LogP contribution is 2.32. The largest absolute Gasteiger partial charge is 0.445 e. The van der Waals surface area contributed by atoms with Crippen LogP contribution in [0.4, 0.5) is 0 Å². The van der Waals surface area contributed by atoms with Gasteiger partial charge in [-0.1, -0.05) is 6.07 Å². The Kier molecular flexibility index (Phi) is 4.72. The second-order valence-corrected chi connectivity index (χ2v) is 8.47. The van der Waals surface area contributed by atoms with Gasteiger partial charge in [-0.3, -0.25) is 9.78 Å². The SMILES string of the molecule is O=C(c1scc2c1CCCC2)N1CCc2oc(CCc3cccnc3)nc2C1. The van der Waals surface area contributed by atoms with Crippen LogP contribution in [0.15, 0.2) is 34.3 Å². The second kappa shape index (κ2) is 7.51. The van der Waals surface area contributed by atoms with Crippen molar-refractivity contribution < 1.29 is 9.21 Å². The minimum Gasteiger partial charge on any atom is -0.445 e. The lowest BCUT2D eigenvalue weighted by Gasteiger charge is -2.25. The number of aryl methyl sites for hydroxylation is 3. The Balaban J connectivity index is 1.28. The first-order valence-electron chi connectivity index (χ1n) is 10.0. The van der Waals surface area contributed by atoms with Crippen LogP contribution in [0.5, 0.6) is 0 Å². The fraction of sp³-hybridized carbons (Fsp3) is 0.409. The summed E-state index contributed by atoms with van der Waals surface area (Å²) in [7, 11) is 0. The van der Waals surface area contributed by atoms with E-state index < -0.39 is 0 Å².